The predicted molar refractivity (Wildman–Crippen MR) is 143 cm³/mol. The van der Waals surface area contributed by atoms with E-state index in [2.05, 4.69) is 5.16 Å². The molecule has 190 valence electrons. The van der Waals surface area contributed by atoms with Crippen molar-refractivity contribution < 1.29 is 13.6 Å². The highest BCUT2D eigenvalue weighted by molar-refractivity contribution is 6.37. The van der Waals surface area contributed by atoms with Gasteiger partial charge >= 0.3 is 0 Å². The lowest BCUT2D eigenvalue weighted by atomic mass is 10.0. The first kappa shape index (κ1) is 26.5. The van der Waals surface area contributed by atoms with Crippen LogP contribution in [0.4, 0.5) is 8.78 Å². The molecule has 0 unspecified atom stereocenters. The Balaban J connectivity index is 1.75. The van der Waals surface area contributed by atoms with E-state index in [-0.39, 0.29) is 33.6 Å². The van der Waals surface area contributed by atoms with Gasteiger partial charge < -0.3 is 9.74 Å². The second-order valence-electron chi connectivity index (χ2n) is 8.59. The van der Waals surface area contributed by atoms with E-state index in [0.29, 0.717) is 5.56 Å². The highest BCUT2D eigenvalue weighted by Crippen LogP contribution is 2.28. The molecule has 3 aromatic carbocycles. The molecule has 0 aliphatic heterocycles. The molecule has 0 aliphatic carbocycles. The van der Waals surface area contributed by atoms with Crippen LogP contribution < -0.4 is 5.56 Å². The van der Waals surface area contributed by atoms with Gasteiger partial charge in [0.05, 0.1) is 15.7 Å². The molecule has 0 atom stereocenters. The molecule has 0 bridgehead atoms. The Labute approximate surface area is 223 Å². The fourth-order valence-electron chi connectivity index (χ4n) is 3.81. The molecule has 1 heterocycles. The molecule has 0 spiro atoms. The number of rotatable bonds is 8. The SMILES string of the molecule is CN(C)Cc1cccc(CO/N=C(\c2ccc(=O)n(-c3c(Cl)cccc3Cl)c2)c2ccc(F)cc2F)c1. The number of oxime groups is 1. The molecule has 37 heavy (non-hydrogen) atoms. The van der Waals surface area contributed by atoms with E-state index in [9.17, 15) is 13.6 Å². The van der Waals surface area contributed by atoms with Gasteiger partial charge in [0, 0.05) is 36.0 Å². The van der Waals surface area contributed by atoms with Crippen LogP contribution in [0, 0.1) is 11.6 Å². The summed E-state index contributed by atoms with van der Waals surface area (Å²) in [6.07, 6.45) is 1.44. The van der Waals surface area contributed by atoms with E-state index in [1.807, 2.05) is 43.3 Å². The van der Waals surface area contributed by atoms with Crippen LogP contribution in [0.2, 0.25) is 10.0 Å². The van der Waals surface area contributed by atoms with E-state index in [0.717, 1.165) is 29.8 Å². The normalized spacial score (nSPS) is 11.7. The molecule has 0 saturated heterocycles. The summed E-state index contributed by atoms with van der Waals surface area (Å²) >= 11 is 12.6. The zero-order valence-electron chi connectivity index (χ0n) is 20.1. The maximum atomic E-state index is 14.9. The van der Waals surface area contributed by atoms with E-state index < -0.39 is 17.2 Å². The third-order valence-electron chi connectivity index (χ3n) is 5.43. The van der Waals surface area contributed by atoms with Crippen LogP contribution in [0.1, 0.15) is 22.3 Å². The molecule has 0 saturated carbocycles. The van der Waals surface area contributed by atoms with Gasteiger partial charge in [-0.3, -0.25) is 9.36 Å². The van der Waals surface area contributed by atoms with Crippen molar-refractivity contribution in [1.82, 2.24) is 9.47 Å². The minimum absolute atomic E-state index is 0.00165. The summed E-state index contributed by atoms with van der Waals surface area (Å²) in [6.45, 7) is 0.874. The van der Waals surface area contributed by atoms with Crippen LogP contribution >= 0.6 is 23.2 Å². The monoisotopic (exact) mass is 541 g/mol. The molecule has 0 radical (unpaired) electrons. The first-order valence-corrected chi connectivity index (χ1v) is 12.0. The average molecular weight is 542 g/mol. The number of benzene rings is 3. The fraction of sp³-hybridized carbons (Fsp3) is 0.143. The highest BCUT2D eigenvalue weighted by Gasteiger charge is 2.17. The van der Waals surface area contributed by atoms with Crippen LogP contribution in [-0.4, -0.2) is 29.3 Å². The number of hydrogen-bond acceptors (Lipinski definition) is 4. The largest absolute Gasteiger partial charge is 0.390 e. The summed E-state index contributed by atoms with van der Waals surface area (Å²) in [7, 11) is 3.96. The quantitative estimate of drug-likeness (QED) is 0.190. The van der Waals surface area contributed by atoms with Crippen molar-refractivity contribution in [3.63, 3.8) is 0 Å². The number of aromatic nitrogens is 1. The summed E-state index contributed by atoms with van der Waals surface area (Å²) in [6, 6.07) is 18.6. The van der Waals surface area contributed by atoms with Crippen LogP contribution in [0.25, 0.3) is 5.69 Å². The van der Waals surface area contributed by atoms with Crippen molar-refractivity contribution in [2.75, 3.05) is 14.1 Å². The molecule has 4 aromatic rings. The lowest BCUT2D eigenvalue weighted by molar-refractivity contribution is 0.130. The second kappa shape index (κ2) is 11.7. The summed E-state index contributed by atoms with van der Waals surface area (Å²) in [5, 5.41) is 4.73. The predicted octanol–water partition coefficient (Wildman–Crippen LogP) is 6.45. The van der Waals surface area contributed by atoms with Gasteiger partial charge in [-0.2, -0.15) is 0 Å². The molecular formula is C28H23Cl2F2N3O2. The highest BCUT2D eigenvalue weighted by atomic mass is 35.5. The van der Waals surface area contributed by atoms with Gasteiger partial charge in [0.15, 0.2) is 0 Å². The van der Waals surface area contributed by atoms with E-state index in [1.165, 1.54) is 29.0 Å². The maximum Gasteiger partial charge on any atom is 0.255 e. The van der Waals surface area contributed by atoms with E-state index >= 15 is 0 Å². The Morgan fingerprint density at radius 3 is 2.35 bits per heavy atom. The molecule has 4 rings (SSSR count). The Morgan fingerprint density at radius 2 is 1.65 bits per heavy atom. The van der Waals surface area contributed by atoms with Crippen LogP contribution in [-0.2, 0) is 18.0 Å². The number of nitrogens with zero attached hydrogens (tertiary/aromatic N) is 3. The van der Waals surface area contributed by atoms with Gasteiger partial charge in [-0.1, -0.05) is 58.7 Å². The molecule has 5 nitrogen and oxygen atoms in total. The molecule has 9 heteroatoms. The van der Waals surface area contributed by atoms with Crippen molar-refractivity contribution in [3.05, 3.63) is 133 Å². The minimum Gasteiger partial charge on any atom is -0.390 e. The lowest BCUT2D eigenvalue weighted by Gasteiger charge is -2.14. The van der Waals surface area contributed by atoms with E-state index in [1.54, 1.807) is 18.2 Å². The number of para-hydroxylation sites is 1. The summed E-state index contributed by atoms with van der Waals surface area (Å²) < 4.78 is 29.8. The van der Waals surface area contributed by atoms with Gasteiger partial charge in [0.1, 0.15) is 24.0 Å². The Kier molecular flexibility index (Phi) is 8.38. The Morgan fingerprint density at radius 1 is 0.946 bits per heavy atom. The molecule has 0 amide bonds. The van der Waals surface area contributed by atoms with Gasteiger partial charge in [-0.15, -0.1) is 0 Å². The third kappa shape index (κ3) is 6.43. The first-order chi connectivity index (χ1) is 17.7. The summed E-state index contributed by atoms with van der Waals surface area (Å²) in [5.41, 5.74) is 2.24. The van der Waals surface area contributed by atoms with Crippen molar-refractivity contribution in [1.29, 1.82) is 0 Å². The Bertz CT molecular complexity index is 1500. The number of hydrogen-bond donors (Lipinski definition) is 0. The summed E-state index contributed by atoms with van der Waals surface area (Å²) in [5.74, 6) is -1.56. The zero-order valence-corrected chi connectivity index (χ0v) is 21.6. The van der Waals surface area contributed by atoms with Crippen molar-refractivity contribution in [2.24, 2.45) is 5.16 Å². The molecular weight excluding hydrogens is 519 g/mol. The third-order valence-corrected chi connectivity index (χ3v) is 6.04. The van der Waals surface area contributed by atoms with Gasteiger partial charge in [-0.05, 0) is 55.6 Å². The number of pyridine rings is 1. The van der Waals surface area contributed by atoms with Crippen LogP contribution in [0.15, 0.2) is 88.9 Å². The summed E-state index contributed by atoms with van der Waals surface area (Å²) in [4.78, 5) is 20.4. The maximum absolute atomic E-state index is 14.9. The van der Waals surface area contributed by atoms with Crippen LogP contribution in [0.3, 0.4) is 0 Å². The van der Waals surface area contributed by atoms with Crippen molar-refractivity contribution in [2.45, 2.75) is 13.2 Å². The van der Waals surface area contributed by atoms with Crippen LogP contribution in [0.5, 0.6) is 0 Å². The molecule has 0 aliphatic rings. The second-order valence-corrected chi connectivity index (χ2v) is 9.41. The average Bonchev–Trinajstić information content (AvgIpc) is 2.83. The smallest absolute Gasteiger partial charge is 0.255 e. The van der Waals surface area contributed by atoms with Crippen molar-refractivity contribution >= 4 is 28.9 Å². The fourth-order valence-corrected chi connectivity index (χ4v) is 4.39. The minimum atomic E-state index is -0.830. The van der Waals surface area contributed by atoms with Gasteiger partial charge in [0.2, 0.25) is 0 Å². The zero-order chi connectivity index (χ0) is 26.5. The standard InChI is InChI=1S/C28H23Cl2F2N3O2/c1-34(2)15-18-5-3-6-19(13-18)17-37-33-27(22-11-10-21(31)14-25(22)32)20-9-12-26(36)35(16-20)28-23(29)7-4-8-24(28)30/h3-14,16H,15,17H2,1-2H3/b33-27+. The Hall–Kier alpha value is -3.52. The molecule has 1 aromatic heterocycles. The molecule has 0 N–H and O–H groups in total. The van der Waals surface area contributed by atoms with Gasteiger partial charge in [0.25, 0.3) is 5.56 Å². The topological polar surface area (TPSA) is 46.8 Å². The van der Waals surface area contributed by atoms with E-state index in [4.69, 9.17) is 28.0 Å². The van der Waals surface area contributed by atoms with Crippen molar-refractivity contribution in [3.8, 4) is 5.69 Å². The lowest BCUT2D eigenvalue weighted by Crippen LogP contribution is -2.20. The first-order valence-electron chi connectivity index (χ1n) is 11.3. The number of halogens is 4. The molecule has 0 fully saturated rings. The van der Waals surface area contributed by atoms with Gasteiger partial charge in [-0.25, -0.2) is 8.78 Å².